The molecule has 1 unspecified atom stereocenters. The fourth-order valence-corrected chi connectivity index (χ4v) is 1.83. The molecule has 17 heavy (non-hydrogen) atoms. The molecule has 94 valence electrons. The standard InChI is InChI=1S/C12H16FNO3/c13-10-4-2-9(3-5-10)12(8-14,11(16)17)6-1-7-15/h2-5,15H,1,6-8,14H2,(H,16,17). The van der Waals surface area contributed by atoms with Gasteiger partial charge in [-0.3, -0.25) is 4.79 Å². The maximum atomic E-state index is 12.8. The van der Waals surface area contributed by atoms with Gasteiger partial charge in [0.1, 0.15) is 11.2 Å². The molecule has 0 saturated heterocycles. The van der Waals surface area contributed by atoms with Gasteiger partial charge in [-0.2, -0.15) is 0 Å². The van der Waals surface area contributed by atoms with E-state index in [1.165, 1.54) is 24.3 Å². The molecule has 0 radical (unpaired) electrons. The lowest BCUT2D eigenvalue weighted by Gasteiger charge is -2.28. The molecule has 4 N–H and O–H groups in total. The molecule has 0 fully saturated rings. The van der Waals surface area contributed by atoms with Crippen LogP contribution in [0.25, 0.3) is 0 Å². The molecule has 0 bridgehead atoms. The summed E-state index contributed by atoms with van der Waals surface area (Å²) in [5.41, 5.74) is 4.77. The van der Waals surface area contributed by atoms with E-state index in [4.69, 9.17) is 10.8 Å². The van der Waals surface area contributed by atoms with Crippen molar-refractivity contribution in [2.75, 3.05) is 13.2 Å². The van der Waals surface area contributed by atoms with E-state index in [9.17, 15) is 14.3 Å². The third kappa shape index (κ3) is 2.81. The highest BCUT2D eigenvalue weighted by molar-refractivity contribution is 5.81. The molecular formula is C12H16FNO3. The third-order valence-corrected chi connectivity index (χ3v) is 2.92. The van der Waals surface area contributed by atoms with Crippen molar-refractivity contribution in [2.24, 2.45) is 5.73 Å². The molecule has 4 nitrogen and oxygen atoms in total. The molecule has 5 heteroatoms. The van der Waals surface area contributed by atoms with Gasteiger partial charge in [-0.15, -0.1) is 0 Å². The quantitative estimate of drug-likeness (QED) is 0.690. The molecule has 1 aromatic rings. The van der Waals surface area contributed by atoms with Gasteiger partial charge < -0.3 is 15.9 Å². The number of hydrogen-bond donors (Lipinski definition) is 3. The molecule has 0 spiro atoms. The lowest BCUT2D eigenvalue weighted by Crippen LogP contribution is -2.43. The summed E-state index contributed by atoms with van der Waals surface area (Å²) in [6, 6.07) is 5.27. The Labute approximate surface area is 98.9 Å². The molecular weight excluding hydrogens is 225 g/mol. The molecule has 1 atom stereocenters. The Morgan fingerprint density at radius 2 is 1.94 bits per heavy atom. The van der Waals surface area contributed by atoms with E-state index in [0.29, 0.717) is 12.0 Å². The number of halogens is 1. The zero-order chi connectivity index (χ0) is 12.9. The van der Waals surface area contributed by atoms with Crippen LogP contribution in [0.5, 0.6) is 0 Å². The molecule has 0 aromatic heterocycles. The van der Waals surface area contributed by atoms with E-state index in [2.05, 4.69) is 0 Å². The van der Waals surface area contributed by atoms with Gasteiger partial charge in [-0.25, -0.2) is 4.39 Å². The zero-order valence-electron chi connectivity index (χ0n) is 9.40. The van der Waals surface area contributed by atoms with Gasteiger partial charge in [0.2, 0.25) is 0 Å². The lowest BCUT2D eigenvalue weighted by atomic mass is 9.77. The predicted molar refractivity (Wildman–Crippen MR) is 61.1 cm³/mol. The summed E-state index contributed by atoms with van der Waals surface area (Å²) >= 11 is 0. The second kappa shape index (κ2) is 5.75. The summed E-state index contributed by atoms with van der Waals surface area (Å²) in [7, 11) is 0. The Bertz CT molecular complexity index is 380. The van der Waals surface area contributed by atoms with E-state index < -0.39 is 17.2 Å². The van der Waals surface area contributed by atoms with Crippen LogP contribution in [0, 0.1) is 5.82 Å². The van der Waals surface area contributed by atoms with Gasteiger partial charge in [0.05, 0.1) is 0 Å². The van der Waals surface area contributed by atoms with E-state index in [1.807, 2.05) is 0 Å². The number of carbonyl (C=O) groups is 1. The van der Waals surface area contributed by atoms with Crippen LogP contribution < -0.4 is 5.73 Å². The minimum absolute atomic E-state index is 0.0893. The van der Waals surface area contributed by atoms with Gasteiger partial charge in [0.15, 0.2) is 0 Å². The first-order chi connectivity index (χ1) is 8.06. The first kappa shape index (κ1) is 13.6. The average Bonchev–Trinajstić information content (AvgIpc) is 2.32. The minimum atomic E-state index is -1.25. The van der Waals surface area contributed by atoms with E-state index in [-0.39, 0.29) is 19.6 Å². The average molecular weight is 241 g/mol. The normalized spacial score (nSPS) is 14.3. The van der Waals surface area contributed by atoms with Gasteiger partial charge in [-0.05, 0) is 30.5 Å². The Balaban J connectivity index is 3.12. The van der Waals surface area contributed by atoms with E-state index in [0.717, 1.165) is 0 Å². The van der Waals surface area contributed by atoms with Crippen molar-refractivity contribution < 1.29 is 19.4 Å². The smallest absolute Gasteiger partial charge is 0.315 e. The summed E-state index contributed by atoms with van der Waals surface area (Å²) in [5, 5.41) is 18.1. The van der Waals surface area contributed by atoms with Crippen molar-refractivity contribution in [3.63, 3.8) is 0 Å². The number of carboxylic acids is 1. The van der Waals surface area contributed by atoms with Crippen LogP contribution in [0.2, 0.25) is 0 Å². The highest BCUT2D eigenvalue weighted by Gasteiger charge is 2.38. The molecule has 0 heterocycles. The molecule has 0 saturated carbocycles. The van der Waals surface area contributed by atoms with Crippen molar-refractivity contribution >= 4 is 5.97 Å². The van der Waals surface area contributed by atoms with Crippen LogP contribution >= 0.6 is 0 Å². The molecule has 1 rings (SSSR count). The summed E-state index contributed by atoms with van der Waals surface area (Å²) in [4.78, 5) is 11.4. The van der Waals surface area contributed by atoms with Crippen LogP contribution in [-0.2, 0) is 10.2 Å². The molecule has 0 aliphatic rings. The number of hydrogen-bond acceptors (Lipinski definition) is 3. The summed E-state index contributed by atoms with van der Waals surface area (Å²) in [5.74, 6) is -1.48. The second-order valence-electron chi connectivity index (χ2n) is 3.93. The fourth-order valence-electron chi connectivity index (χ4n) is 1.83. The first-order valence-electron chi connectivity index (χ1n) is 5.37. The van der Waals surface area contributed by atoms with Crippen molar-refractivity contribution in [1.29, 1.82) is 0 Å². The van der Waals surface area contributed by atoms with Gasteiger partial charge in [-0.1, -0.05) is 12.1 Å². The summed E-state index contributed by atoms with van der Waals surface area (Å²) < 4.78 is 12.8. The Morgan fingerprint density at radius 1 is 1.35 bits per heavy atom. The number of carboxylic acid groups (broad SMARTS) is 1. The largest absolute Gasteiger partial charge is 0.481 e. The Hall–Kier alpha value is -1.46. The SMILES string of the molecule is NCC(CCCO)(C(=O)O)c1ccc(F)cc1. The van der Waals surface area contributed by atoms with Crippen molar-refractivity contribution in [2.45, 2.75) is 18.3 Å². The highest BCUT2D eigenvalue weighted by Crippen LogP contribution is 2.29. The number of aliphatic carboxylic acids is 1. The first-order valence-corrected chi connectivity index (χ1v) is 5.37. The van der Waals surface area contributed by atoms with Crippen LogP contribution in [0.15, 0.2) is 24.3 Å². The zero-order valence-corrected chi connectivity index (χ0v) is 9.40. The van der Waals surface area contributed by atoms with Crippen LogP contribution in [0.4, 0.5) is 4.39 Å². The molecule has 0 amide bonds. The van der Waals surface area contributed by atoms with E-state index in [1.54, 1.807) is 0 Å². The second-order valence-corrected chi connectivity index (χ2v) is 3.93. The number of nitrogens with two attached hydrogens (primary N) is 1. The number of aliphatic hydroxyl groups is 1. The molecule has 0 aliphatic carbocycles. The maximum Gasteiger partial charge on any atom is 0.315 e. The van der Waals surface area contributed by atoms with E-state index >= 15 is 0 Å². The Kier molecular flexibility index (Phi) is 4.60. The van der Waals surface area contributed by atoms with Gasteiger partial charge >= 0.3 is 5.97 Å². The molecule has 1 aromatic carbocycles. The highest BCUT2D eigenvalue weighted by atomic mass is 19.1. The topological polar surface area (TPSA) is 83.5 Å². The van der Waals surface area contributed by atoms with Crippen molar-refractivity contribution in [3.8, 4) is 0 Å². The number of benzene rings is 1. The van der Waals surface area contributed by atoms with Crippen molar-refractivity contribution in [3.05, 3.63) is 35.6 Å². The lowest BCUT2D eigenvalue weighted by molar-refractivity contribution is -0.143. The Morgan fingerprint density at radius 3 is 2.35 bits per heavy atom. The maximum absolute atomic E-state index is 12.8. The minimum Gasteiger partial charge on any atom is -0.481 e. The summed E-state index contributed by atoms with van der Waals surface area (Å²) in [6.07, 6.45) is 0.557. The third-order valence-electron chi connectivity index (χ3n) is 2.92. The molecule has 0 aliphatic heterocycles. The fraction of sp³-hybridized carbons (Fsp3) is 0.417. The van der Waals surface area contributed by atoms with Gasteiger partial charge in [0.25, 0.3) is 0 Å². The van der Waals surface area contributed by atoms with Crippen LogP contribution in [-0.4, -0.2) is 29.3 Å². The van der Waals surface area contributed by atoms with Gasteiger partial charge in [0, 0.05) is 13.2 Å². The number of aliphatic hydroxyl groups excluding tert-OH is 1. The number of rotatable bonds is 6. The predicted octanol–water partition coefficient (Wildman–Crippen LogP) is 0.879. The monoisotopic (exact) mass is 241 g/mol. The summed E-state index contributed by atoms with van der Waals surface area (Å²) in [6.45, 7) is -0.190. The van der Waals surface area contributed by atoms with Crippen molar-refractivity contribution in [1.82, 2.24) is 0 Å². The van der Waals surface area contributed by atoms with Crippen LogP contribution in [0.1, 0.15) is 18.4 Å². The van der Waals surface area contributed by atoms with Crippen LogP contribution in [0.3, 0.4) is 0 Å².